The lowest BCUT2D eigenvalue weighted by Gasteiger charge is -2.31. The van der Waals surface area contributed by atoms with Crippen molar-refractivity contribution in [3.05, 3.63) is 29.8 Å². The van der Waals surface area contributed by atoms with Crippen molar-refractivity contribution in [1.29, 1.82) is 0 Å². The fourth-order valence-corrected chi connectivity index (χ4v) is 2.83. The maximum atomic E-state index is 12.0. The third kappa shape index (κ3) is 9.70. The van der Waals surface area contributed by atoms with Gasteiger partial charge in [0.25, 0.3) is 0 Å². The molecule has 0 bridgehead atoms. The largest absolute Gasteiger partial charge is 0.473 e. The maximum Gasteiger partial charge on any atom is 0.414 e. The van der Waals surface area contributed by atoms with Gasteiger partial charge in [0.2, 0.25) is 5.91 Å². The minimum absolute atomic E-state index is 0.00658. The second-order valence-electron chi connectivity index (χ2n) is 6.67. The normalized spacial score (nSPS) is 16.1. The van der Waals surface area contributed by atoms with E-state index < -0.39 is 11.9 Å². The van der Waals surface area contributed by atoms with Crippen molar-refractivity contribution in [1.82, 2.24) is 4.90 Å². The van der Waals surface area contributed by atoms with E-state index in [4.69, 9.17) is 24.5 Å². The van der Waals surface area contributed by atoms with Gasteiger partial charge in [-0.1, -0.05) is 17.7 Å². The number of amides is 1. The Morgan fingerprint density at radius 2 is 1.76 bits per heavy atom. The summed E-state index contributed by atoms with van der Waals surface area (Å²) in [6.07, 6.45) is 2.29. The highest BCUT2D eigenvalue weighted by Crippen LogP contribution is 2.18. The lowest BCUT2D eigenvalue weighted by molar-refractivity contribution is -0.159. The summed E-state index contributed by atoms with van der Waals surface area (Å²) < 4.78 is 5.10. The summed E-state index contributed by atoms with van der Waals surface area (Å²) >= 11 is 0. The number of nitrogens with one attached hydrogen (secondary N) is 1. The van der Waals surface area contributed by atoms with Crippen molar-refractivity contribution < 1.29 is 34.1 Å². The van der Waals surface area contributed by atoms with Gasteiger partial charge in [-0.3, -0.25) is 9.59 Å². The van der Waals surface area contributed by atoms with Crippen LogP contribution in [0.4, 0.5) is 5.69 Å². The van der Waals surface area contributed by atoms with Gasteiger partial charge in [-0.2, -0.15) is 0 Å². The molecule has 0 aliphatic carbocycles. The molecule has 2 rings (SSSR count). The molecule has 1 atom stereocenters. The second-order valence-corrected chi connectivity index (χ2v) is 6.67. The minimum atomic E-state index is -1.82. The van der Waals surface area contributed by atoms with Gasteiger partial charge < -0.3 is 25.2 Å². The zero-order valence-corrected chi connectivity index (χ0v) is 16.7. The third-order valence-corrected chi connectivity index (χ3v) is 4.30. The van der Waals surface area contributed by atoms with Gasteiger partial charge in [-0.15, -0.1) is 0 Å². The van der Waals surface area contributed by atoms with E-state index in [9.17, 15) is 9.59 Å². The van der Waals surface area contributed by atoms with E-state index in [2.05, 4.69) is 10.2 Å². The molecule has 1 unspecified atom stereocenters. The number of likely N-dealkylation sites (tertiary alicyclic amines) is 1. The smallest absolute Gasteiger partial charge is 0.414 e. The van der Waals surface area contributed by atoms with Crippen LogP contribution < -0.4 is 5.32 Å². The van der Waals surface area contributed by atoms with Crippen LogP contribution in [-0.2, 0) is 23.9 Å². The van der Waals surface area contributed by atoms with Crippen molar-refractivity contribution in [2.24, 2.45) is 5.92 Å². The predicted molar refractivity (Wildman–Crippen MR) is 105 cm³/mol. The van der Waals surface area contributed by atoms with Crippen molar-refractivity contribution in [3.8, 4) is 0 Å². The van der Waals surface area contributed by atoms with Gasteiger partial charge in [0.1, 0.15) is 0 Å². The Bertz CT molecular complexity index is 691. The van der Waals surface area contributed by atoms with E-state index in [1.165, 1.54) is 5.56 Å². The molecule has 0 spiro atoms. The topological polar surface area (TPSA) is 133 Å². The number of rotatable bonds is 6. The molecule has 1 aromatic carbocycles. The van der Waals surface area contributed by atoms with E-state index in [1.807, 2.05) is 38.1 Å². The van der Waals surface area contributed by atoms with Crippen LogP contribution in [0.5, 0.6) is 0 Å². The van der Waals surface area contributed by atoms with Gasteiger partial charge in [0, 0.05) is 25.2 Å². The molecule has 0 radical (unpaired) electrons. The van der Waals surface area contributed by atoms with Crippen molar-refractivity contribution in [2.45, 2.75) is 33.1 Å². The number of anilines is 1. The highest BCUT2D eigenvalue weighted by Gasteiger charge is 2.26. The SMILES string of the molecule is CCOC(=O)C1CCCN(CCC(=O)Nc2ccc(C)cc2)C1.O=C(O)C(=O)O. The van der Waals surface area contributed by atoms with Crippen LogP contribution in [0.3, 0.4) is 0 Å². The summed E-state index contributed by atoms with van der Waals surface area (Å²) in [6.45, 7) is 6.57. The van der Waals surface area contributed by atoms with E-state index >= 15 is 0 Å². The Balaban J connectivity index is 0.000000612. The average Bonchev–Trinajstić information content (AvgIpc) is 2.69. The number of carboxylic acid groups (broad SMARTS) is 2. The van der Waals surface area contributed by atoms with Crippen molar-refractivity contribution in [2.75, 3.05) is 31.6 Å². The van der Waals surface area contributed by atoms with E-state index in [-0.39, 0.29) is 17.8 Å². The van der Waals surface area contributed by atoms with Crippen molar-refractivity contribution >= 4 is 29.5 Å². The Morgan fingerprint density at radius 1 is 1.14 bits per heavy atom. The summed E-state index contributed by atoms with van der Waals surface area (Å²) in [7, 11) is 0. The number of carbonyl (C=O) groups excluding carboxylic acids is 2. The number of hydrogen-bond acceptors (Lipinski definition) is 6. The summed E-state index contributed by atoms with van der Waals surface area (Å²) in [5.41, 5.74) is 1.99. The Kier molecular flexibility index (Phi) is 10.4. The number of ether oxygens (including phenoxy) is 1. The third-order valence-electron chi connectivity index (χ3n) is 4.30. The van der Waals surface area contributed by atoms with Gasteiger partial charge in [0.05, 0.1) is 12.5 Å². The fourth-order valence-electron chi connectivity index (χ4n) is 2.83. The molecule has 1 aliphatic heterocycles. The number of benzene rings is 1. The maximum absolute atomic E-state index is 12.0. The standard InChI is InChI=1S/C18H26N2O3.C2H2O4/c1-3-23-18(22)15-5-4-11-20(13-15)12-10-17(21)19-16-8-6-14(2)7-9-16;3-1(4)2(5)6/h6-9,15H,3-5,10-13H2,1-2H3,(H,19,21);(H,3,4)(H,5,6). The molecule has 0 aromatic heterocycles. The van der Waals surface area contributed by atoms with Gasteiger partial charge >= 0.3 is 17.9 Å². The quantitative estimate of drug-likeness (QED) is 0.479. The first kappa shape index (κ1) is 24.1. The number of carbonyl (C=O) groups is 4. The van der Waals surface area contributed by atoms with Crippen LogP contribution in [0.25, 0.3) is 0 Å². The van der Waals surface area contributed by atoms with Crippen LogP contribution >= 0.6 is 0 Å². The zero-order chi connectivity index (χ0) is 21.8. The number of piperidine rings is 1. The Labute approximate surface area is 169 Å². The monoisotopic (exact) mass is 408 g/mol. The van der Waals surface area contributed by atoms with E-state index in [0.717, 1.165) is 25.1 Å². The van der Waals surface area contributed by atoms with E-state index in [1.54, 1.807) is 0 Å². The molecule has 0 saturated carbocycles. The van der Waals surface area contributed by atoms with Crippen LogP contribution in [0.2, 0.25) is 0 Å². The molecule has 1 aliphatic rings. The second kappa shape index (κ2) is 12.5. The summed E-state index contributed by atoms with van der Waals surface area (Å²) in [6, 6.07) is 7.77. The van der Waals surface area contributed by atoms with Crippen LogP contribution in [0, 0.1) is 12.8 Å². The molecule has 9 heteroatoms. The molecule has 9 nitrogen and oxygen atoms in total. The molecule has 160 valence electrons. The highest BCUT2D eigenvalue weighted by molar-refractivity contribution is 6.27. The Morgan fingerprint density at radius 3 is 2.31 bits per heavy atom. The predicted octanol–water partition coefficient (Wildman–Crippen LogP) is 1.75. The fraction of sp³-hybridized carbons (Fsp3) is 0.500. The van der Waals surface area contributed by atoms with Gasteiger partial charge in [-0.25, -0.2) is 9.59 Å². The highest BCUT2D eigenvalue weighted by atomic mass is 16.5. The first-order valence-electron chi connectivity index (χ1n) is 9.44. The molecular formula is C20H28N2O7. The number of aryl methyl sites for hydroxylation is 1. The molecule has 1 aromatic rings. The lowest BCUT2D eigenvalue weighted by Crippen LogP contribution is -2.40. The lowest BCUT2D eigenvalue weighted by atomic mass is 9.98. The molecule has 3 N–H and O–H groups in total. The molecule has 1 fully saturated rings. The van der Waals surface area contributed by atoms with Gasteiger partial charge in [-0.05, 0) is 45.4 Å². The summed E-state index contributed by atoms with van der Waals surface area (Å²) in [5.74, 6) is -3.80. The summed E-state index contributed by atoms with van der Waals surface area (Å²) in [4.78, 5) is 44.2. The number of nitrogens with zero attached hydrogens (tertiary/aromatic N) is 1. The van der Waals surface area contributed by atoms with Gasteiger partial charge in [0.15, 0.2) is 0 Å². The molecule has 29 heavy (non-hydrogen) atoms. The first-order chi connectivity index (χ1) is 13.7. The number of carboxylic acids is 2. The van der Waals surface area contributed by atoms with Crippen LogP contribution in [-0.4, -0.2) is 65.2 Å². The molecular weight excluding hydrogens is 380 g/mol. The van der Waals surface area contributed by atoms with Crippen molar-refractivity contribution in [3.63, 3.8) is 0 Å². The summed E-state index contributed by atoms with van der Waals surface area (Å²) in [5, 5.41) is 17.7. The first-order valence-corrected chi connectivity index (χ1v) is 9.44. The molecule has 1 amide bonds. The Hall–Kier alpha value is -2.94. The van der Waals surface area contributed by atoms with Crippen LogP contribution in [0.1, 0.15) is 31.7 Å². The molecule has 1 saturated heterocycles. The average molecular weight is 408 g/mol. The number of aliphatic carboxylic acids is 2. The van der Waals surface area contributed by atoms with E-state index in [0.29, 0.717) is 26.1 Å². The molecule has 1 heterocycles. The number of esters is 1. The minimum Gasteiger partial charge on any atom is -0.473 e. The zero-order valence-electron chi connectivity index (χ0n) is 16.7. The van der Waals surface area contributed by atoms with Crippen LogP contribution in [0.15, 0.2) is 24.3 Å². The number of hydrogen-bond donors (Lipinski definition) is 3.